The number of carbonyl (C=O) groups is 2. The Morgan fingerprint density at radius 2 is 1.78 bits per heavy atom. The molecular weight excluding hydrogens is 450 g/mol. The first-order valence-corrected chi connectivity index (χ1v) is 11.7. The smallest absolute Gasteiger partial charge is 0.269 e. The molecule has 2 aromatic carbocycles. The van der Waals surface area contributed by atoms with Gasteiger partial charge in [0.2, 0.25) is 11.8 Å². The van der Waals surface area contributed by atoms with Crippen molar-refractivity contribution < 1.29 is 14.5 Å². The molecular formula is C23H28ClN3O4S. The molecule has 2 rings (SSSR count). The minimum Gasteiger partial charge on any atom is -0.350 e. The van der Waals surface area contributed by atoms with E-state index in [0.29, 0.717) is 10.8 Å². The van der Waals surface area contributed by atoms with Crippen LogP contribution in [-0.4, -0.2) is 39.0 Å². The fraction of sp³-hybridized carbons (Fsp3) is 0.391. The lowest BCUT2D eigenvalue weighted by Gasteiger charge is -2.31. The largest absolute Gasteiger partial charge is 0.350 e. The van der Waals surface area contributed by atoms with Gasteiger partial charge in [-0.3, -0.25) is 19.7 Å². The Hall–Kier alpha value is -2.58. The molecule has 0 spiro atoms. The van der Waals surface area contributed by atoms with Crippen molar-refractivity contribution in [2.75, 3.05) is 5.75 Å². The van der Waals surface area contributed by atoms with E-state index in [1.807, 2.05) is 39.0 Å². The van der Waals surface area contributed by atoms with E-state index in [0.717, 1.165) is 11.1 Å². The topological polar surface area (TPSA) is 92.6 Å². The van der Waals surface area contributed by atoms with Crippen molar-refractivity contribution in [3.8, 4) is 0 Å². The number of halogens is 1. The number of non-ortho nitro benzene ring substituents is 1. The van der Waals surface area contributed by atoms with Crippen LogP contribution >= 0.6 is 23.4 Å². The van der Waals surface area contributed by atoms with Crippen LogP contribution in [-0.2, 0) is 21.9 Å². The van der Waals surface area contributed by atoms with Gasteiger partial charge in [-0.15, -0.1) is 11.8 Å². The molecule has 1 N–H and O–H groups in total. The van der Waals surface area contributed by atoms with Crippen LogP contribution in [0, 0.1) is 10.1 Å². The second-order valence-electron chi connectivity index (χ2n) is 8.44. The molecule has 32 heavy (non-hydrogen) atoms. The number of rotatable bonds is 9. The van der Waals surface area contributed by atoms with E-state index >= 15 is 0 Å². The number of nitro benzene ring substituents is 1. The van der Waals surface area contributed by atoms with Crippen molar-refractivity contribution in [1.29, 1.82) is 0 Å². The summed E-state index contributed by atoms with van der Waals surface area (Å²) < 4.78 is 0. The Kier molecular flexibility index (Phi) is 9.09. The number of hydrogen-bond acceptors (Lipinski definition) is 5. The van der Waals surface area contributed by atoms with Gasteiger partial charge in [0.1, 0.15) is 6.04 Å². The van der Waals surface area contributed by atoms with Crippen molar-refractivity contribution in [3.63, 3.8) is 0 Å². The number of hydrogen-bond donors (Lipinski definition) is 1. The molecule has 2 amide bonds. The van der Waals surface area contributed by atoms with Crippen molar-refractivity contribution in [2.45, 2.75) is 51.6 Å². The van der Waals surface area contributed by atoms with Gasteiger partial charge in [-0.05, 0) is 44.9 Å². The maximum Gasteiger partial charge on any atom is 0.269 e. The molecule has 0 aliphatic rings. The van der Waals surface area contributed by atoms with Gasteiger partial charge >= 0.3 is 0 Å². The first kappa shape index (κ1) is 25.7. The van der Waals surface area contributed by atoms with Gasteiger partial charge in [0.15, 0.2) is 0 Å². The van der Waals surface area contributed by atoms with E-state index in [9.17, 15) is 19.7 Å². The highest BCUT2D eigenvalue weighted by Gasteiger charge is 2.28. The molecule has 0 aromatic heterocycles. The lowest BCUT2D eigenvalue weighted by atomic mass is 10.1. The number of amides is 2. The van der Waals surface area contributed by atoms with Crippen LogP contribution in [0.25, 0.3) is 0 Å². The van der Waals surface area contributed by atoms with Crippen LogP contribution in [0.1, 0.15) is 38.8 Å². The summed E-state index contributed by atoms with van der Waals surface area (Å²) in [4.78, 5) is 37.7. The Morgan fingerprint density at radius 1 is 1.16 bits per heavy atom. The number of nitrogens with one attached hydrogen (secondary N) is 1. The van der Waals surface area contributed by atoms with Crippen molar-refractivity contribution in [1.82, 2.24) is 10.2 Å². The minimum absolute atomic E-state index is 0.0272. The third-order valence-electron chi connectivity index (χ3n) is 4.61. The molecule has 9 heteroatoms. The normalized spacial score (nSPS) is 12.2. The Balaban J connectivity index is 2.09. The highest BCUT2D eigenvalue weighted by atomic mass is 35.5. The van der Waals surface area contributed by atoms with E-state index in [1.165, 1.54) is 28.8 Å². The molecule has 0 saturated heterocycles. The fourth-order valence-corrected chi connectivity index (χ4v) is 3.99. The molecule has 0 heterocycles. The molecule has 0 radical (unpaired) electrons. The number of benzene rings is 2. The average Bonchev–Trinajstić information content (AvgIpc) is 2.71. The van der Waals surface area contributed by atoms with E-state index in [4.69, 9.17) is 11.6 Å². The lowest BCUT2D eigenvalue weighted by Crippen LogP contribution is -2.52. The summed E-state index contributed by atoms with van der Waals surface area (Å²) in [5, 5.41) is 14.2. The first-order valence-electron chi connectivity index (χ1n) is 10.1. The molecule has 0 unspecified atom stereocenters. The quantitative estimate of drug-likeness (QED) is 0.413. The van der Waals surface area contributed by atoms with Crippen LogP contribution in [0.4, 0.5) is 5.69 Å². The monoisotopic (exact) mass is 477 g/mol. The molecule has 2 aromatic rings. The predicted octanol–water partition coefficient (Wildman–Crippen LogP) is 4.81. The molecule has 7 nitrogen and oxygen atoms in total. The van der Waals surface area contributed by atoms with Crippen molar-refractivity contribution >= 4 is 40.9 Å². The van der Waals surface area contributed by atoms with Crippen LogP contribution in [0.15, 0.2) is 48.5 Å². The third kappa shape index (κ3) is 7.84. The second kappa shape index (κ2) is 11.3. The van der Waals surface area contributed by atoms with Gasteiger partial charge < -0.3 is 10.2 Å². The number of nitrogens with zero attached hydrogens (tertiary/aromatic N) is 2. The number of nitro groups is 1. The molecule has 0 aliphatic carbocycles. The average molecular weight is 478 g/mol. The summed E-state index contributed by atoms with van der Waals surface area (Å²) in [5.41, 5.74) is 1.25. The van der Waals surface area contributed by atoms with Gasteiger partial charge in [0.25, 0.3) is 5.69 Å². The highest BCUT2D eigenvalue weighted by Crippen LogP contribution is 2.21. The SMILES string of the molecule is C[C@@H](C(=O)NC(C)(C)C)N(Cc1ccccc1Cl)C(=O)CSCc1ccc([N+](=O)[O-])cc1. The van der Waals surface area contributed by atoms with E-state index < -0.39 is 16.5 Å². The van der Waals surface area contributed by atoms with Gasteiger partial charge in [-0.1, -0.05) is 41.9 Å². The second-order valence-corrected chi connectivity index (χ2v) is 9.84. The van der Waals surface area contributed by atoms with E-state index in [-0.39, 0.29) is 29.8 Å². The Morgan fingerprint density at radius 3 is 2.34 bits per heavy atom. The van der Waals surface area contributed by atoms with E-state index in [1.54, 1.807) is 25.1 Å². The summed E-state index contributed by atoms with van der Waals surface area (Å²) in [6.45, 7) is 7.58. The summed E-state index contributed by atoms with van der Waals surface area (Å²) in [7, 11) is 0. The summed E-state index contributed by atoms with van der Waals surface area (Å²) in [6, 6.07) is 12.8. The lowest BCUT2D eigenvalue weighted by molar-refractivity contribution is -0.384. The molecule has 0 saturated carbocycles. The highest BCUT2D eigenvalue weighted by molar-refractivity contribution is 7.99. The molecule has 1 atom stereocenters. The molecule has 0 aliphatic heterocycles. The van der Waals surface area contributed by atoms with Crippen LogP contribution < -0.4 is 5.32 Å². The number of thioether (sulfide) groups is 1. The van der Waals surface area contributed by atoms with Crippen LogP contribution in [0.3, 0.4) is 0 Å². The zero-order valence-electron chi connectivity index (χ0n) is 18.6. The molecule has 0 bridgehead atoms. The predicted molar refractivity (Wildman–Crippen MR) is 129 cm³/mol. The zero-order valence-corrected chi connectivity index (χ0v) is 20.2. The zero-order chi connectivity index (χ0) is 23.9. The van der Waals surface area contributed by atoms with Gasteiger partial charge in [-0.2, -0.15) is 0 Å². The third-order valence-corrected chi connectivity index (χ3v) is 5.96. The first-order chi connectivity index (χ1) is 15.0. The number of carbonyl (C=O) groups excluding carboxylic acids is 2. The summed E-state index contributed by atoms with van der Waals surface area (Å²) in [5.74, 6) is 0.257. The van der Waals surface area contributed by atoms with Crippen LogP contribution in [0.5, 0.6) is 0 Å². The maximum atomic E-state index is 13.1. The fourth-order valence-electron chi connectivity index (χ4n) is 2.92. The summed E-state index contributed by atoms with van der Waals surface area (Å²) in [6.07, 6.45) is 0. The van der Waals surface area contributed by atoms with Crippen molar-refractivity contribution in [3.05, 3.63) is 74.8 Å². The molecule has 172 valence electrons. The van der Waals surface area contributed by atoms with Crippen molar-refractivity contribution in [2.24, 2.45) is 0 Å². The summed E-state index contributed by atoms with van der Waals surface area (Å²) >= 11 is 7.68. The van der Waals surface area contributed by atoms with Gasteiger partial charge in [0.05, 0.1) is 10.7 Å². The molecule has 0 fully saturated rings. The standard InChI is InChI=1S/C23H28ClN3O4S/c1-16(22(29)25-23(2,3)4)26(13-18-7-5-6-8-20(18)24)21(28)15-32-14-17-9-11-19(12-10-17)27(30)31/h5-12,16H,13-15H2,1-4H3,(H,25,29)/t16-/m0/s1. The Bertz CT molecular complexity index is 960. The maximum absolute atomic E-state index is 13.1. The Labute approximate surface area is 197 Å². The minimum atomic E-state index is -0.682. The van der Waals surface area contributed by atoms with Gasteiger partial charge in [0, 0.05) is 35.0 Å². The van der Waals surface area contributed by atoms with Gasteiger partial charge in [-0.25, -0.2) is 0 Å². The van der Waals surface area contributed by atoms with E-state index in [2.05, 4.69) is 5.32 Å². The van der Waals surface area contributed by atoms with Crippen LogP contribution in [0.2, 0.25) is 5.02 Å².